The molecule has 0 atom stereocenters. The van der Waals surface area contributed by atoms with Gasteiger partial charge in [-0.2, -0.15) is 10.4 Å². The molecule has 7 heteroatoms. The third-order valence-corrected chi connectivity index (χ3v) is 4.17. The van der Waals surface area contributed by atoms with Gasteiger partial charge in [0.15, 0.2) is 10.6 Å². The first kappa shape index (κ1) is 13.1. The van der Waals surface area contributed by atoms with Gasteiger partial charge in [-0.05, 0) is 41.9 Å². The Bertz CT molecular complexity index is 855. The van der Waals surface area contributed by atoms with E-state index < -0.39 is 0 Å². The maximum atomic E-state index is 8.89. The molecular weight excluding hydrogens is 312 g/mol. The summed E-state index contributed by atoms with van der Waals surface area (Å²) in [5, 5.41) is 18.3. The van der Waals surface area contributed by atoms with Crippen molar-refractivity contribution in [1.82, 2.24) is 14.8 Å². The second-order valence-electron chi connectivity index (χ2n) is 3.94. The van der Waals surface area contributed by atoms with E-state index >= 15 is 0 Å². The quantitative estimate of drug-likeness (QED) is 0.721. The first-order valence-electron chi connectivity index (χ1n) is 5.62. The number of aromatic nitrogens is 3. The first-order valence-corrected chi connectivity index (χ1v) is 7.28. The van der Waals surface area contributed by atoms with E-state index in [4.69, 9.17) is 29.1 Å². The van der Waals surface area contributed by atoms with Crippen molar-refractivity contribution in [3.05, 3.63) is 51.1 Å². The Morgan fingerprint density at radius 1 is 1.40 bits per heavy atom. The number of aromatic amines is 1. The van der Waals surface area contributed by atoms with Gasteiger partial charge in [-0.3, -0.25) is 9.67 Å². The summed E-state index contributed by atoms with van der Waals surface area (Å²) in [6.45, 7) is 0. The summed E-state index contributed by atoms with van der Waals surface area (Å²) < 4.78 is 2.23. The predicted octanol–water partition coefficient (Wildman–Crippen LogP) is 4.18. The summed E-state index contributed by atoms with van der Waals surface area (Å²) in [5.74, 6) is 0.705. The molecule has 0 radical (unpaired) electrons. The maximum Gasteiger partial charge on any atom is 0.200 e. The van der Waals surface area contributed by atoms with Crippen LogP contribution in [0.3, 0.4) is 0 Å². The number of halogens is 1. The van der Waals surface area contributed by atoms with Gasteiger partial charge in [0.25, 0.3) is 0 Å². The van der Waals surface area contributed by atoms with Crippen LogP contribution in [0.2, 0.25) is 5.02 Å². The zero-order chi connectivity index (χ0) is 14.1. The van der Waals surface area contributed by atoms with Crippen molar-refractivity contribution in [1.29, 1.82) is 5.26 Å². The fourth-order valence-corrected chi connectivity index (χ4v) is 3.05. The molecule has 3 aromatic rings. The fourth-order valence-electron chi connectivity index (χ4n) is 1.85. The summed E-state index contributed by atoms with van der Waals surface area (Å²) in [6, 6.07) is 11.0. The lowest BCUT2D eigenvalue weighted by atomic mass is 10.2. The average Bonchev–Trinajstić information content (AvgIpc) is 3.08. The predicted molar refractivity (Wildman–Crippen MR) is 81.8 cm³/mol. The molecule has 20 heavy (non-hydrogen) atoms. The third kappa shape index (κ3) is 2.16. The number of hydrogen-bond acceptors (Lipinski definition) is 4. The highest BCUT2D eigenvalue weighted by atomic mass is 35.5. The molecule has 0 unspecified atom stereocenters. The minimum absolute atomic E-state index is 0.458. The van der Waals surface area contributed by atoms with Gasteiger partial charge in [-0.15, -0.1) is 11.3 Å². The molecule has 0 aliphatic carbocycles. The Labute approximate surface area is 128 Å². The van der Waals surface area contributed by atoms with Crippen molar-refractivity contribution >= 4 is 35.2 Å². The Morgan fingerprint density at radius 3 is 2.90 bits per heavy atom. The molecule has 1 N–H and O–H groups in total. The molecule has 1 aromatic carbocycles. The van der Waals surface area contributed by atoms with E-state index in [-0.39, 0.29) is 0 Å². The molecule has 0 amide bonds. The molecule has 2 heterocycles. The molecule has 98 valence electrons. The molecule has 0 saturated heterocycles. The molecule has 4 nitrogen and oxygen atoms in total. The number of benzene rings is 1. The van der Waals surface area contributed by atoms with Crippen LogP contribution in [0.15, 0.2) is 35.7 Å². The second-order valence-corrected chi connectivity index (χ2v) is 5.68. The van der Waals surface area contributed by atoms with Crippen molar-refractivity contribution in [3.8, 4) is 22.5 Å². The van der Waals surface area contributed by atoms with E-state index in [9.17, 15) is 0 Å². The maximum absolute atomic E-state index is 8.89. The van der Waals surface area contributed by atoms with Gasteiger partial charge < -0.3 is 0 Å². The molecule has 0 bridgehead atoms. The Hall–Kier alpha value is -1.94. The van der Waals surface area contributed by atoms with Crippen LogP contribution >= 0.6 is 35.2 Å². The van der Waals surface area contributed by atoms with Crippen LogP contribution in [0, 0.1) is 16.1 Å². The molecule has 0 spiro atoms. The second kappa shape index (κ2) is 5.21. The van der Waals surface area contributed by atoms with E-state index in [0.29, 0.717) is 26.9 Å². The zero-order valence-corrected chi connectivity index (χ0v) is 12.4. The smallest absolute Gasteiger partial charge is 0.200 e. The molecule has 0 aliphatic rings. The number of nitriles is 1. The van der Waals surface area contributed by atoms with E-state index in [1.807, 2.05) is 17.5 Å². The van der Waals surface area contributed by atoms with Crippen LogP contribution in [-0.2, 0) is 0 Å². The van der Waals surface area contributed by atoms with Crippen LogP contribution in [0.1, 0.15) is 5.56 Å². The summed E-state index contributed by atoms with van der Waals surface area (Å²) >= 11 is 13.1. The third-order valence-electron chi connectivity index (χ3n) is 2.73. The highest BCUT2D eigenvalue weighted by Crippen LogP contribution is 2.29. The summed E-state index contributed by atoms with van der Waals surface area (Å²) in [6.07, 6.45) is 0. The number of H-pyrrole nitrogens is 1. The summed E-state index contributed by atoms with van der Waals surface area (Å²) in [5.41, 5.74) is 1.21. The monoisotopic (exact) mass is 318 g/mol. The van der Waals surface area contributed by atoms with Gasteiger partial charge >= 0.3 is 0 Å². The minimum Gasteiger partial charge on any atom is -0.266 e. The lowest BCUT2D eigenvalue weighted by Gasteiger charge is -2.07. The number of hydrogen-bond donors (Lipinski definition) is 1. The van der Waals surface area contributed by atoms with Crippen molar-refractivity contribution in [2.75, 3.05) is 0 Å². The Balaban J connectivity index is 2.24. The van der Waals surface area contributed by atoms with E-state index in [1.165, 1.54) is 0 Å². The molecule has 0 fully saturated rings. The van der Waals surface area contributed by atoms with Crippen LogP contribution in [-0.4, -0.2) is 14.8 Å². The first-order chi connectivity index (χ1) is 9.70. The van der Waals surface area contributed by atoms with Crippen molar-refractivity contribution < 1.29 is 0 Å². The van der Waals surface area contributed by atoms with Crippen molar-refractivity contribution in [2.24, 2.45) is 0 Å². The molecule has 2 aromatic heterocycles. The average molecular weight is 319 g/mol. The summed E-state index contributed by atoms with van der Waals surface area (Å²) in [7, 11) is 0. The number of nitrogens with one attached hydrogen (secondary N) is 1. The highest BCUT2D eigenvalue weighted by molar-refractivity contribution is 7.71. The Morgan fingerprint density at radius 2 is 2.25 bits per heavy atom. The molecule has 0 aliphatic heterocycles. The van der Waals surface area contributed by atoms with Crippen LogP contribution in [0.25, 0.3) is 16.4 Å². The zero-order valence-electron chi connectivity index (χ0n) is 10.0. The van der Waals surface area contributed by atoms with Crippen LogP contribution < -0.4 is 0 Å². The van der Waals surface area contributed by atoms with Gasteiger partial charge in [0, 0.05) is 0 Å². The lowest BCUT2D eigenvalue weighted by Crippen LogP contribution is -1.98. The van der Waals surface area contributed by atoms with Crippen LogP contribution in [0.5, 0.6) is 0 Å². The lowest BCUT2D eigenvalue weighted by molar-refractivity contribution is 1.04. The molecule has 0 saturated carbocycles. The van der Waals surface area contributed by atoms with E-state index in [2.05, 4.69) is 16.3 Å². The van der Waals surface area contributed by atoms with Gasteiger partial charge in [0.1, 0.15) is 0 Å². The van der Waals surface area contributed by atoms with Gasteiger partial charge in [0.05, 0.1) is 27.2 Å². The van der Waals surface area contributed by atoms with E-state index in [1.54, 1.807) is 34.1 Å². The fraction of sp³-hybridized carbons (Fsp3) is 0. The van der Waals surface area contributed by atoms with E-state index in [0.717, 1.165) is 4.88 Å². The van der Waals surface area contributed by atoms with Crippen molar-refractivity contribution in [2.45, 2.75) is 0 Å². The number of nitrogens with zero attached hydrogens (tertiary/aromatic N) is 3. The Kier molecular flexibility index (Phi) is 3.40. The van der Waals surface area contributed by atoms with Crippen LogP contribution in [0.4, 0.5) is 0 Å². The minimum atomic E-state index is 0.458. The molecular formula is C13H7ClN4S2. The highest BCUT2D eigenvalue weighted by Gasteiger charge is 2.14. The standard InChI is InChI=1S/C13H7ClN4S2/c14-9-6-8(7-15)3-4-10(9)18-12(16-17-13(18)19)11-2-1-5-20-11/h1-6H,(H,17,19). The molecule has 3 rings (SSSR count). The van der Waals surface area contributed by atoms with Crippen molar-refractivity contribution in [3.63, 3.8) is 0 Å². The SMILES string of the molecule is N#Cc1ccc(-n2c(-c3cccs3)n[nH]c2=S)c(Cl)c1. The van der Waals surface area contributed by atoms with Gasteiger partial charge in [-0.25, -0.2) is 0 Å². The number of thiophene rings is 1. The topological polar surface area (TPSA) is 57.4 Å². The van der Waals surface area contributed by atoms with Gasteiger partial charge in [-0.1, -0.05) is 17.7 Å². The normalized spacial score (nSPS) is 10.4. The summed E-state index contributed by atoms with van der Waals surface area (Å²) in [4.78, 5) is 0.984. The van der Waals surface area contributed by atoms with Gasteiger partial charge in [0.2, 0.25) is 0 Å². The number of rotatable bonds is 2. The largest absolute Gasteiger partial charge is 0.266 e.